The van der Waals surface area contributed by atoms with Crippen molar-refractivity contribution in [1.29, 1.82) is 0 Å². The minimum atomic E-state index is -3.45. The number of hydrogen-bond acceptors (Lipinski definition) is 2. The van der Waals surface area contributed by atoms with Crippen molar-refractivity contribution in [3.8, 4) is 22.4 Å². The molecule has 0 fully saturated rings. The summed E-state index contributed by atoms with van der Waals surface area (Å²) in [5.74, 6) is 0.807. The van der Waals surface area contributed by atoms with Crippen molar-refractivity contribution in [3.05, 3.63) is 125 Å². The Kier molecular flexibility index (Phi) is 7.32. The zero-order valence-corrected chi connectivity index (χ0v) is 28.4. The number of pyridine rings is 1. The molecule has 1 amide bonds. The topological polar surface area (TPSA) is 42.0 Å². The molecule has 1 aromatic heterocycles. The van der Waals surface area contributed by atoms with E-state index < -0.39 is 20.3 Å². The number of amides is 1. The Hall–Kier alpha value is -3.37. The Morgan fingerprint density at radius 1 is 0.707 bits per heavy atom. The van der Waals surface area contributed by atoms with Gasteiger partial charge in [-0.25, -0.2) is 0 Å². The van der Waals surface area contributed by atoms with Crippen LogP contribution in [0.2, 0.25) is 9.36 Å². The number of rotatable bonds is 5. The maximum absolute atomic E-state index is 13.3. The maximum atomic E-state index is 13.3. The van der Waals surface area contributed by atoms with Crippen LogP contribution in [0.15, 0.2) is 97.1 Å². The zero-order chi connectivity index (χ0) is 28.9. The van der Waals surface area contributed by atoms with Gasteiger partial charge in [0.25, 0.3) is 0 Å². The Morgan fingerprint density at radius 3 is 2.07 bits per heavy atom. The Morgan fingerprint density at radius 2 is 1.37 bits per heavy atom. The van der Waals surface area contributed by atoms with E-state index in [2.05, 4.69) is 125 Å². The van der Waals surface area contributed by atoms with Gasteiger partial charge in [-0.15, -0.1) is 0 Å². The summed E-state index contributed by atoms with van der Waals surface area (Å²) in [6.45, 7) is 9.11. The van der Waals surface area contributed by atoms with Gasteiger partial charge in [-0.3, -0.25) is 0 Å². The molecule has 1 aliphatic rings. The quantitative estimate of drug-likeness (QED) is 0.185. The van der Waals surface area contributed by atoms with Crippen LogP contribution in [-0.4, -0.2) is 10.9 Å². The van der Waals surface area contributed by atoms with Gasteiger partial charge in [-0.05, 0) is 0 Å². The van der Waals surface area contributed by atoms with Gasteiger partial charge in [0.15, 0.2) is 0 Å². The number of hydrogen-bond donors (Lipinski definition) is 1. The second-order valence-corrected chi connectivity index (χ2v) is 27.9. The van der Waals surface area contributed by atoms with Crippen molar-refractivity contribution in [2.45, 2.75) is 52.6 Å². The SMILES string of the molecule is CC(C)c1cccc(C(C)C)c1-c1ccc(-c2ccc3ccccc3c2)nc1[CH]1c2ccccc2C(=O)[NH][Hf]1([CH3])[CH3]. The Bertz CT molecular complexity index is 1760. The van der Waals surface area contributed by atoms with E-state index in [1.807, 2.05) is 12.1 Å². The minimum absolute atomic E-state index is 0.0706. The molecule has 41 heavy (non-hydrogen) atoms. The summed E-state index contributed by atoms with van der Waals surface area (Å²) < 4.78 is 8.32. The van der Waals surface area contributed by atoms with Gasteiger partial charge in [-0.1, -0.05) is 0 Å². The molecule has 1 unspecified atom stereocenters. The van der Waals surface area contributed by atoms with E-state index >= 15 is 0 Å². The summed E-state index contributed by atoms with van der Waals surface area (Å²) in [4.78, 5) is 18.8. The van der Waals surface area contributed by atoms with E-state index in [1.54, 1.807) is 0 Å². The van der Waals surface area contributed by atoms with Gasteiger partial charge in [0.05, 0.1) is 0 Å². The summed E-state index contributed by atoms with van der Waals surface area (Å²) in [6, 6.07) is 34.5. The van der Waals surface area contributed by atoms with Crippen LogP contribution in [0.3, 0.4) is 0 Å². The third-order valence-electron chi connectivity index (χ3n) is 8.56. The number of nitrogens with one attached hydrogen (secondary N) is 1. The molecule has 0 aliphatic carbocycles. The molecule has 6 rings (SSSR count). The van der Waals surface area contributed by atoms with Crippen molar-refractivity contribution in [3.63, 3.8) is 0 Å². The predicted octanol–water partition coefficient (Wildman–Crippen LogP) is 9.81. The molecule has 0 spiro atoms. The molecule has 1 atom stereocenters. The summed E-state index contributed by atoms with van der Waals surface area (Å²) in [5, 5.41) is 2.43. The van der Waals surface area contributed by atoms with Crippen molar-refractivity contribution in [2.75, 3.05) is 0 Å². The number of fused-ring (bicyclic) bond motifs is 2. The summed E-state index contributed by atoms with van der Waals surface area (Å²) in [6.07, 6.45) is 0. The number of carbonyl (C=O) groups is 1. The van der Waals surface area contributed by atoms with Gasteiger partial charge >= 0.3 is 250 Å². The van der Waals surface area contributed by atoms with Gasteiger partial charge in [0, 0.05) is 0 Å². The number of carbonyl (C=O) groups excluding carboxylic acids is 1. The van der Waals surface area contributed by atoms with Crippen LogP contribution in [0.4, 0.5) is 0 Å². The fourth-order valence-corrected chi connectivity index (χ4v) is 16.6. The van der Waals surface area contributed by atoms with Crippen LogP contribution in [0.5, 0.6) is 0 Å². The van der Waals surface area contributed by atoms with Gasteiger partial charge in [-0.2, -0.15) is 0 Å². The number of aromatic nitrogens is 1. The normalized spacial score (nSPS) is 16.2. The molecule has 0 saturated heterocycles. The molecule has 0 radical (unpaired) electrons. The van der Waals surface area contributed by atoms with Gasteiger partial charge in [0.2, 0.25) is 0 Å². The third kappa shape index (κ3) is 5.01. The molecular formula is C37H38HfN2O. The molecule has 1 N–H and O–H groups in total. The average Bonchev–Trinajstić information content (AvgIpc) is 2.96. The summed E-state index contributed by atoms with van der Waals surface area (Å²) in [5.41, 5.74) is 10.3. The fourth-order valence-electron chi connectivity index (χ4n) is 6.54. The van der Waals surface area contributed by atoms with E-state index in [-0.39, 0.29) is 9.58 Å². The third-order valence-corrected chi connectivity index (χ3v) is 19.0. The Balaban J connectivity index is 1.68. The van der Waals surface area contributed by atoms with Gasteiger partial charge in [0.1, 0.15) is 0 Å². The van der Waals surface area contributed by atoms with Crippen LogP contribution < -0.4 is 3.30 Å². The number of benzene rings is 4. The molecule has 5 aromatic rings. The molecule has 3 nitrogen and oxygen atoms in total. The second-order valence-electron chi connectivity index (χ2n) is 12.5. The molecule has 2 heterocycles. The Labute approximate surface area is 248 Å². The average molecular weight is 705 g/mol. The standard InChI is InChI=1S/C35H33N2O.2CH3.Hf/c1-22(2)28-14-9-15-29(23(3)4)34(28)31-18-19-32(27-17-16-24-10-5-6-11-25(24)20-27)37-33(31)21-26-12-7-8-13-30(26)35(36)38;;;/h5-23H,1-4H3,(H2,36,38);2*1H3;/q;;;+1/p-1. The first-order chi connectivity index (χ1) is 19.7. The van der Waals surface area contributed by atoms with Crippen LogP contribution in [0, 0.1) is 0 Å². The van der Waals surface area contributed by atoms with Crippen molar-refractivity contribution in [2.24, 2.45) is 0 Å². The first kappa shape index (κ1) is 27.8. The summed E-state index contributed by atoms with van der Waals surface area (Å²) >= 11 is -3.45. The van der Waals surface area contributed by atoms with Crippen LogP contribution in [0.1, 0.15) is 75.9 Å². The van der Waals surface area contributed by atoms with Crippen molar-refractivity contribution >= 4 is 16.7 Å². The first-order valence-corrected chi connectivity index (χ1v) is 25.8. The van der Waals surface area contributed by atoms with E-state index in [0.717, 1.165) is 28.1 Å². The molecule has 206 valence electrons. The molecule has 1 aliphatic heterocycles. The van der Waals surface area contributed by atoms with E-state index in [9.17, 15) is 4.79 Å². The van der Waals surface area contributed by atoms with Gasteiger partial charge < -0.3 is 0 Å². The second kappa shape index (κ2) is 10.8. The molecule has 4 aromatic carbocycles. The van der Waals surface area contributed by atoms with Crippen LogP contribution >= 0.6 is 0 Å². The van der Waals surface area contributed by atoms with E-state index in [0.29, 0.717) is 11.8 Å². The number of nitrogens with zero attached hydrogens (tertiary/aromatic N) is 1. The predicted molar refractivity (Wildman–Crippen MR) is 168 cm³/mol. The van der Waals surface area contributed by atoms with Crippen LogP contribution in [0.25, 0.3) is 33.2 Å². The molecule has 0 saturated carbocycles. The van der Waals surface area contributed by atoms with E-state index in [4.69, 9.17) is 4.98 Å². The van der Waals surface area contributed by atoms with E-state index in [1.165, 1.54) is 33.0 Å². The zero-order valence-electron chi connectivity index (χ0n) is 24.8. The molecule has 0 bridgehead atoms. The molecule has 4 heteroatoms. The van der Waals surface area contributed by atoms with Crippen LogP contribution in [-0.2, 0) is 20.3 Å². The summed E-state index contributed by atoms with van der Waals surface area (Å²) in [7, 11) is 0. The monoisotopic (exact) mass is 706 g/mol. The molecular weight excluding hydrogens is 667 g/mol. The van der Waals surface area contributed by atoms with Crippen molar-refractivity contribution in [1.82, 2.24) is 8.29 Å². The van der Waals surface area contributed by atoms with Crippen molar-refractivity contribution < 1.29 is 25.1 Å². The first-order valence-electron chi connectivity index (χ1n) is 14.7. The fraction of sp³-hybridized carbons (Fsp3) is 0.243.